The Labute approximate surface area is 124 Å². The Morgan fingerprint density at radius 2 is 1.90 bits per heavy atom. The maximum atomic E-state index is 12.6. The fourth-order valence-corrected chi connectivity index (χ4v) is 2.62. The average molecular weight is 291 g/mol. The van der Waals surface area contributed by atoms with E-state index in [1.165, 1.54) is 0 Å². The number of carboxylic acid groups (broad SMARTS) is 1. The molecular weight excluding hydrogens is 270 g/mol. The van der Waals surface area contributed by atoms with Crippen LogP contribution in [0.25, 0.3) is 0 Å². The lowest BCUT2D eigenvalue weighted by atomic mass is 9.96. The molecule has 0 spiro atoms. The van der Waals surface area contributed by atoms with Crippen LogP contribution in [0.4, 0.5) is 0 Å². The van der Waals surface area contributed by atoms with Crippen LogP contribution in [-0.2, 0) is 14.3 Å². The van der Waals surface area contributed by atoms with Gasteiger partial charge in [0.1, 0.15) is 0 Å². The van der Waals surface area contributed by atoms with Crippen LogP contribution in [0.1, 0.15) is 31.4 Å². The van der Waals surface area contributed by atoms with Crippen molar-refractivity contribution in [3.63, 3.8) is 0 Å². The van der Waals surface area contributed by atoms with Crippen LogP contribution in [0, 0.1) is 5.92 Å². The minimum Gasteiger partial charge on any atom is -0.481 e. The van der Waals surface area contributed by atoms with E-state index in [0.717, 1.165) is 5.56 Å². The SMILES string of the molecule is CCO[C@H](C(=O)N1CCC(C(=O)O)CC1)c1ccccc1. The van der Waals surface area contributed by atoms with Gasteiger partial charge in [-0.2, -0.15) is 0 Å². The average Bonchev–Trinajstić information content (AvgIpc) is 2.53. The number of carbonyl (C=O) groups excluding carboxylic acids is 1. The smallest absolute Gasteiger partial charge is 0.306 e. The second-order valence-electron chi connectivity index (χ2n) is 5.18. The van der Waals surface area contributed by atoms with Crippen molar-refractivity contribution in [3.8, 4) is 0 Å². The van der Waals surface area contributed by atoms with Gasteiger partial charge in [0, 0.05) is 19.7 Å². The first-order valence-electron chi connectivity index (χ1n) is 7.31. The van der Waals surface area contributed by atoms with Gasteiger partial charge in [-0.15, -0.1) is 0 Å². The third-order valence-corrected chi connectivity index (χ3v) is 3.82. The predicted octanol–water partition coefficient (Wildman–Crippen LogP) is 2.09. The van der Waals surface area contributed by atoms with Crippen LogP contribution in [0.3, 0.4) is 0 Å². The molecule has 1 aromatic rings. The highest BCUT2D eigenvalue weighted by molar-refractivity contribution is 5.82. The van der Waals surface area contributed by atoms with Gasteiger partial charge >= 0.3 is 5.97 Å². The molecule has 5 nitrogen and oxygen atoms in total. The van der Waals surface area contributed by atoms with Crippen LogP contribution in [-0.4, -0.2) is 41.6 Å². The van der Waals surface area contributed by atoms with E-state index in [0.29, 0.717) is 32.5 Å². The number of hydrogen-bond donors (Lipinski definition) is 1. The fraction of sp³-hybridized carbons (Fsp3) is 0.500. The summed E-state index contributed by atoms with van der Waals surface area (Å²) in [5.41, 5.74) is 0.838. The first-order valence-corrected chi connectivity index (χ1v) is 7.31. The number of amides is 1. The lowest BCUT2D eigenvalue weighted by Gasteiger charge is -2.32. The van der Waals surface area contributed by atoms with Crippen molar-refractivity contribution in [2.45, 2.75) is 25.9 Å². The summed E-state index contributed by atoms with van der Waals surface area (Å²) < 4.78 is 5.61. The monoisotopic (exact) mass is 291 g/mol. The molecule has 1 amide bonds. The summed E-state index contributed by atoms with van der Waals surface area (Å²) in [6.07, 6.45) is 0.418. The molecule has 1 saturated heterocycles. The molecule has 1 aliphatic rings. The molecule has 0 bridgehead atoms. The van der Waals surface area contributed by atoms with Gasteiger partial charge in [-0.25, -0.2) is 0 Å². The molecular formula is C16H21NO4. The molecule has 1 fully saturated rings. The second-order valence-corrected chi connectivity index (χ2v) is 5.18. The van der Waals surface area contributed by atoms with E-state index in [2.05, 4.69) is 0 Å². The molecule has 1 atom stereocenters. The Bertz CT molecular complexity index is 480. The normalized spacial score (nSPS) is 17.5. The van der Waals surface area contributed by atoms with E-state index in [4.69, 9.17) is 9.84 Å². The summed E-state index contributed by atoms with van der Waals surface area (Å²) in [7, 11) is 0. The number of carbonyl (C=O) groups is 2. The van der Waals surface area contributed by atoms with Crippen molar-refractivity contribution in [2.75, 3.05) is 19.7 Å². The number of hydrogen-bond acceptors (Lipinski definition) is 3. The summed E-state index contributed by atoms with van der Waals surface area (Å²) in [5, 5.41) is 9.01. The number of aliphatic carboxylic acids is 1. The molecule has 0 aromatic heterocycles. The highest BCUT2D eigenvalue weighted by atomic mass is 16.5. The van der Waals surface area contributed by atoms with Crippen molar-refractivity contribution in [3.05, 3.63) is 35.9 Å². The van der Waals surface area contributed by atoms with Crippen molar-refractivity contribution >= 4 is 11.9 Å². The van der Waals surface area contributed by atoms with Crippen LogP contribution in [0.15, 0.2) is 30.3 Å². The molecule has 114 valence electrons. The number of benzene rings is 1. The minimum absolute atomic E-state index is 0.0770. The summed E-state index contributed by atoms with van der Waals surface area (Å²) in [5.74, 6) is -1.19. The van der Waals surface area contributed by atoms with Crippen LogP contribution in [0.5, 0.6) is 0 Å². The Morgan fingerprint density at radius 1 is 1.29 bits per heavy atom. The maximum absolute atomic E-state index is 12.6. The number of carboxylic acids is 1. The van der Waals surface area contributed by atoms with Crippen LogP contribution < -0.4 is 0 Å². The summed E-state index contributed by atoms with van der Waals surface area (Å²) in [6, 6.07) is 9.41. The van der Waals surface area contributed by atoms with Gasteiger partial charge in [-0.3, -0.25) is 9.59 Å². The standard InChI is InChI=1S/C16H21NO4/c1-2-21-14(12-6-4-3-5-7-12)15(18)17-10-8-13(9-11-17)16(19)20/h3-7,13-14H,2,8-11H2,1H3,(H,19,20)/t14-/m0/s1. The van der Waals surface area contributed by atoms with Gasteiger partial charge in [0.25, 0.3) is 5.91 Å². The van der Waals surface area contributed by atoms with Gasteiger partial charge in [-0.05, 0) is 25.3 Å². The van der Waals surface area contributed by atoms with Gasteiger partial charge in [0.15, 0.2) is 6.10 Å². The Kier molecular flexibility index (Phi) is 5.33. The van der Waals surface area contributed by atoms with E-state index in [1.54, 1.807) is 4.90 Å². The minimum atomic E-state index is -0.772. The molecule has 2 rings (SSSR count). The van der Waals surface area contributed by atoms with E-state index >= 15 is 0 Å². The molecule has 0 saturated carbocycles. The Balaban J connectivity index is 2.04. The molecule has 0 radical (unpaired) electrons. The number of rotatable bonds is 5. The molecule has 1 heterocycles. The van der Waals surface area contributed by atoms with E-state index in [-0.39, 0.29) is 11.8 Å². The summed E-state index contributed by atoms with van der Waals surface area (Å²) in [6.45, 7) is 3.27. The number of likely N-dealkylation sites (tertiary alicyclic amines) is 1. The van der Waals surface area contributed by atoms with Crippen molar-refractivity contribution in [1.29, 1.82) is 0 Å². The quantitative estimate of drug-likeness (QED) is 0.902. The Hall–Kier alpha value is -1.88. The third kappa shape index (κ3) is 3.82. The molecule has 0 aliphatic carbocycles. The van der Waals surface area contributed by atoms with Gasteiger partial charge < -0.3 is 14.7 Å². The van der Waals surface area contributed by atoms with Crippen molar-refractivity contribution in [2.24, 2.45) is 5.92 Å². The van der Waals surface area contributed by atoms with Crippen molar-refractivity contribution in [1.82, 2.24) is 4.90 Å². The zero-order valence-corrected chi connectivity index (χ0v) is 12.2. The van der Waals surface area contributed by atoms with E-state index in [1.807, 2.05) is 37.3 Å². The van der Waals surface area contributed by atoms with Crippen LogP contribution in [0.2, 0.25) is 0 Å². The largest absolute Gasteiger partial charge is 0.481 e. The molecule has 21 heavy (non-hydrogen) atoms. The number of ether oxygens (including phenoxy) is 1. The molecule has 1 aromatic carbocycles. The fourth-order valence-electron chi connectivity index (χ4n) is 2.62. The highest BCUT2D eigenvalue weighted by Crippen LogP contribution is 2.24. The first kappa shape index (κ1) is 15.5. The highest BCUT2D eigenvalue weighted by Gasteiger charge is 2.31. The zero-order valence-electron chi connectivity index (χ0n) is 12.2. The second kappa shape index (κ2) is 7.22. The molecule has 5 heteroatoms. The van der Waals surface area contributed by atoms with Gasteiger partial charge in [0.2, 0.25) is 0 Å². The van der Waals surface area contributed by atoms with Gasteiger partial charge in [0.05, 0.1) is 5.92 Å². The molecule has 1 N–H and O–H groups in total. The molecule has 0 unspecified atom stereocenters. The Morgan fingerprint density at radius 3 is 2.43 bits per heavy atom. The first-order chi connectivity index (χ1) is 10.1. The lowest BCUT2D eigenvalue weighted by Crippen LogP contribution is -2.43. The zero-order chi connectivity index (χ0) is 15.2. The van der Waals surface area contributed by atoms with Crippen molar-refractivity contribution < 1.29 is 19.4 Å². The van der Waals surface area contributed by atoms with E-state index in [9.17, 15) is 9.59 Å². The number of nitrogens with zero attached hydrogens (tertiary/aromatic N) is 1. The molecule has 1 aliphatic heterocycles. The summed E-state index contributed by atoms with van der Waals surface area (Å²) >= 11 is 0. The lowest BCUT2D eigenvalue weighted by molar-refractivity contribution is -0.150. The van der Waals surface area contributed by atoms with E-state index < -0.39 is 12.1 Å². The third-order valence-electron chi connectivity index (χ3n) is 3.82. The van der Waals surface area contributed by atoms with Crippen LogP contribution >= 0.6 is 0 Å². The van der Waals surface area contributed by atoms with Gasteiger partial charge in [-0.1, -0.05) is 30.3 Å². The number of piperidine rings is 1. The maximum Gasteiger partial charge on any atom is 0.306 e. The topological polar surface area (TPSA) is 66.8 Å². The summed E-state index contributed by atoms with van der Waals surface area (Å²) in [4.78, 5) is 25.3. The predicted molar refractivity (Wildman–Crippen MR) is 77.7 cm³/mol.